The standard InChI is InChI=1S/C32H33NO4S/c1-22-7-3-6-10-27(22)29-20-24(12-14-28(29)31(34)33-30(32(35)36)16-18-38-2)21-37-17-15-23-11-13-25-8-4-5-9-26(25)19-23/h3-14,19-20,30H,15-18,21H2,1-2H3,(H,33,34)(H,35,36). The maximum Gasteiger partial charge on any atom is 0.326 e. The van der Waals surface area contributed by atoms with E-state index in [1.165, 1.54) is 16.3 Å². The van der Waals surface area contributed by atoms with Gasteiger partial charge in [0.25, 0.3) is 5.91 Å². The highest BCUT2D eigenvalue weighted by molar-refractivity contribution is 7.98. The molecule has 0 radical (unpaired) electrons. The number of amides is 1. The highest BCUT2D eigenvalue weighted by Crippen LogP contribution is 2.29. The molecule has 0 saturated carbocycles. The highest BCUT2D eigenvalue weighted by atomic mass is 32.2. The number of carboxylic acids is 1. The van der Waals surface area contributed by atoms with Crippen molar-refractivity contribution in [2.24, 2.45) is 0 Å². The molecule has 0 aliphatic heterocycles. The Labute approximate surface area is 228 Å². The quantitative estimate of drug-likeness (QED) is 0.205. The van der Waals surface area contributed by atoms with E-state index in [4.69, 9.17) is 4.74 Å². The van der Waals surface area contributed by atoms with Crippen LogP contribution in [0.4, 0.5) is 0 Å². The first-order valence-corrected chi connectivity index (χ1v) is 14.1. The number of nitrogens with one attached hydrogen (secondary N) is 1. The molecule has 4 aromatic rings. The van der Waals surface area contributed by atoms with E-state index in [0.29, 0.717) is 31.0 Å². The van der Waals surface area contributed by atoms with Crippen molar-refractivity contribution in [3.05, 3.63) is 107 Å². The summed E-state index contributed by atoms with van der Waals surface area (Å²) >= 11 is 1.55. The molecular weight excluding hydrogens is 494 g/mol. The van der Waals surface area contributed by atoms with Gasteiger partial charge in [-0.3, -0.25) is 4.79 Å². The summed E-state index contributed by atoms with van der Waals surface area (Å²) in [6.45, 7) is 3.00. The summed E-state index contributed by atoms with van der Waals surface area (Å²) in [5.41, 5.74) is 5.38. The number of fused-ring (bicyclic) bond motifs is 1. The predicted molar refractivity (Wildman–Crippen MR) is 156 cm³/mol. The minimum Gasteiger partial charge on any atom is -0.480 e. The predicted octanol–water partition coefficient (Wildman–Crippen LogP) is 6.51. The summed E-state index contributed by atoms with van der Waals surface area (Å²) in [5.74, 6) is -0.765. The molecule has 0 aliphatic carbocycles. The Morgan fingerprint density at radius 2 is 1.63 bits per heavy atom. The van der Waals surface area contributed by atoms with Gasteiger partial charge in [0, 0.05) is 5.56 Å². The lowest BCUT2D eigenvalue weighted by Gasteiger charge is -2.18. The van der Waals surface area contributed by atoms with Gasteiger partial charge in [-0.25, -0.2) is 4.79 Å². The number of hydrogen-bond acceptors (Lipinski definition) is 4. The number of carbonyl (C=O) groups is 2. The van der Waals surface area contributed by atoms with Crippen LogP contribution in [0.2, 0.25) is 0 Å². The number of ether oxygens (including phenoxy) is 1. The van der Waals surface area contributed by atoms with Gasteiger partial charge < -0.3 is 15.2 Å². The molecule has 196 valence electrons. The van der Waals surface area contributed by atoms with Crippen LogP contribution in [0, 0.1) is 6.92 Å². The fourth-order valence-corrected chi connectivity index (χ4v) is 4.95. The van der Waals surface area contributed by atoms with Crippen molar-refractivity contribution >= 4 is 34.4 Å². The molecule has 5 nitrogen and oxygen atoms in total. The number of carbonyl (C=O) groups excluding carboxylic acids is 1. The van der Waals surface area contributed by atoms with Gasteiger partial charge in [0.2, 0.25) is 0 Å². The lowest BCUT2D eigenvalue weighted by molar-refractivity contribution is -0.139. The van der Waals surface area contributed by atoms with E-state index >= 15 is 0 Å². The molecule has 6 heteroatoms. The van der Waals surface area contributed by atoms with Crippen LogP contribution in [0.25, 0.3) is 21.9 Å². The third-order valence-electron chi connectivity index (χ3n) is 6.60. The molecule has 2 N–H and O–H groups in total. The molecule has 0 bridgehead atoms. The second-order valence-corrected chi connectivity index (χ2v) is 10.3. The molecule has 0 saturated heterocycles. The van der Waals surface area contributed by atoms with Crippen LogP contribution in [0.5, 0.6) is 0 Å². The first kappa shape index (κ1) is 27.4. The molecule has 1 unspecified atom stereocenters. The molecule has 0 aromatic heterocycles. The fourth-order valence-electron chi connectivity index (χ4n) is 4.48. The van der Waals surface area contributed by atoms with E-state index in [-0.39, 0.29) is 5.91 Å². The van der Waals surface area contributed by atoms with E-state index in [2.05, 4.69) is 35.6 Å². The van der Waals surface area contributed by atoms with Crippen molar-refractivity contribution in [2.45, 2.75) is 32.4 Å². The number of benzene rings is 4. The zero-order valence-corrected chi connectivity index (χ0v) is 22.6. The Bertz CT molecular complexity index is 1420. The van der Waals surface area contributed by atoms with Crippen LogP contribution >= 0.6 is 11.8 Å². The van der Waals surface area contributed by atoms with E-state index in [1.54, 1.807) is 17.8 Å². The number of aryl methyl sites for hydroxylation is 1. The smallest absolute Gasteiger partial charge is 0.326 e. The molecular formula is C32H33NO4S. The minimum atomic E-state index is -1.03. The molecule has 38 heavy (non-hydrogen) atoms. The maximum absolute atomic E-state index is 13.2. The van der Waals surface area contributed by atoms with E-state index in [0.717, 1.165) is 28.7 Å². The zero-order chi connectivity index (χ0) is 26.9. The van der Waals surface area contributed by atoms with Crippen LogP contribution in [-0.2, 0) is 22.6 Å². The lowest BCUT2D eigenvalue weighted by Crippen LogP contribution is -2.41. The van der Waals surface area contributed by atoms with Gasteiger partial charge in [0.05, 0.1) is 13.2 Å². The Kier molecular flexibility index (Phi) is 9.57. The molecule has 4 rings (SSSR count). The number of rotatable bonds is 12. The van der Waals surface area contributed by atoms with Crippen LogP contribution in [0.15, 0.2) is 84.9 Å². The Balaban J connectivity index is 1.49. The third kappa shape index (κ3) is 7.03. The van der Waals surface area contributed by atoms with Crippen molar-refractivity contribution in [3.8, 4) is 11.1 Å². The van der Waals surface area contributed by atoms with Crippen LogP contribution in [0.1, 0.15) is 33.5 Å². The second kappa shape index (κ2) is 13.3. The first-order valence-electron chi connectivity index (χ1n) is 12.7. The van der Waals surface area contributed by atoms with Crippen molar-refractivity contribution in [3.63, 3.8) is 0 Å². The monoisotopic (exact) mass is 527 g/mol. The normalized spacial score (nSPS) is 11.8. The third-order valence-corrected chi connectivity index (χ3v) is 7.24. The molecule has 1 atom stereocenters. The van der Waals surface area contributed by atoms with Crippen LogP contribution < -0.4 is 5.32 Å². The van der Waals surface area contributed by atoms with Crippen LogP contribution in [0.3, 0.4) is 0 Å². The number of aliphatic carboxylic acids is 1. The van der Waals surface area contributed by atoms with Crippen LogP contribution in [-0.4, -0.2) is 41.6 Å². The number of hydrogen-bond donors (Lipinski definition) is 2. The Morgan fingerprint density at radius 3 is 2.39 bits per heavy atom. The average molecular weight is 528 g/mol. The summed E-state index contributed by atoms with van der Waals surface area (Å²) in [6, 6.07) is 27.4. The molecule has 0 aliphatic rings. The van der Waals surface area contributed by atoms with E-state index in [1.807, 2.05) is 61.7 Å². The van der Waals surface area contributed by atoms with E-state index < -0.39 is 12.0 Å². The summed E-state index contributed by atoms with van der Waals surface area (Å²) in [7, 11) is 0. The maximum atomic E-state index is 13.2. The average Bonchev–Trinajstić information content (AvgIpc) is 2.93. The molecule has 0 heterocycles. The van der Waals surface area contributed by atoms with Gasteiger partial charge in [-0.1, -0.05) is 72.8 Å². The van der Waals surface area contributed by atoms with E-state index in [9.17, 15) is 14.7 Å². The van der Waals surface area contributed by atoms with Crippen molar-refractivity contribution in [2.75, 3.05) is 18.6 Å². The summed E-state index contributed by atoms with van der Waals surface area (Å²) < 4.78 is 6.02. The second-order valence-electron chi connectivity index (χ2n) is 9.32. The van der Waals surface area contributed by atoms with Crippen molar-refractivity contribution < 1.29 is 19.4 Å². The number of thioether (sulfide) groups is 1. The SMILES string of the molecule is CSCCC(NC(=O)c1ccc(COCCc2ccc3ccccc3c2)cc1-c1ccccc1C)C(=O)O. The minimum absolute atomic E-state index is 0.366. The molecule has 1 amide bonds. The topological polar surface area (TPSA) is 75.6 Å². The van der Waals surface area contributed by atoms with Crippen molar-refractivity contribution in [1.82, 2.24) is 5.32 Å². The van der Waals surface area contributed by atoms with Gasteiger partial charge >= 0.3 is 5.97 Å². The molecule has 0 fully saturated rings. The van der Waals surface area contributed by atoms with Crippen molar-refractivity contribution in [1.29, 1.82) is 0 Å². The van der Waals surface area contributed by atoms with Gasteiger partial charge in [-0.2, -0.15) is 11.8 Å². The van der Waals surface area contributed by atoms with Gasteiger partial charge in [0.1, 0.15) is 6.04 Å². The lowest BCUT2D eigenvalue weighted by atomic mass is 9.93. The summed E-state index contributed by atoms with van der Waals surface area (Å²) in [4.78, 5) is 24.9. The summed E-state index contributed by atoms with van der Waals surface area (Å²) in [6.07, 6.45) is 3.09. The summed E-state index contributed by atoms with van der Waals surface area (Å²) in [5, 5.41) is 14.7. The Morgan fingerprint density at radius 1 is 0.895 bits per heavy atom. The zero-order valence-electron chi connectivity index (χ0n) is 21.8. The number of carboxylic acid groups (broad SMARTS) is 1. The molecule has 4 aromatic carbocycles. The van der Waals surface area contributed by atoms with Gasteiger partial charge in [-0.15, -0.1) is 0 Å². The first-order chi connectivity index (χ1) is 18.5. The van der Waals surface area contributed by atoms with Gasteiger partial charge in [0.15, 0.2) is 0 Å². The highest BCUT2D eigenvalue weighted by Gasteiger charge is 2.22. The largest absolute Gasteiger partial charge is 0.480 e. The fraction of sp³-hybridized carbons (Fsp3) is 0.250. The van der Waals surface area contributed by atoms with Gasteiger partial charge in [-0.05, 0) is 82.5 Å². The molecule has 0 spiro atoms. The Hall–Kier alpha value is -3.61.